The standard InChI is InChI=1S/C19H33NOS3/c1-3-4-5-6-7-8-9-10-11-12-16-23-18(22)24-19(2,17-20)14-13-15-21/h15H,3-14,16H2,1-2H3. The maximum atomic E-state index is 10.5. The van der Waals surface area contributed by atoms with Crippen LogP contribution in [-0.2, 0) is 4.79 Å². The van der Waals surface area contributed by atoms with Gasteiger partial charge in [0.05, 0.1) is 6.07 Å². The average Bonchev–Trinajstić information content (AvgIpc) is 2.58. The molecule has 0 saturated carbocycles. The second kappa shape index (κ2) is 16.4. The molecule has 0 aromatic heterocycles. The van der Waals surface area contributed by atoms with E-state index in [0.717, 1.165) is 15.6 Å². The third kappa shape index (κ3) is 14.3. The molecule has 0 aliphatic rings. The molecule has 2 nitrogen and oxygen atoms in total. The van der Waals surface area contributed by atoms with Crippen molar-refractivity contribution < 1.29 is 4.79 Å². The van der Waals surface area contributed by atoms with Gasteiger partial charge in [0.15, 0.2) is 0 Å². The highest BCUT2D eigenvalue weighted by Gasteiger charge is 2.26. The maximum absolute atomic E-state index is 10.5. The Bertz CT molecular complexity index is 381. The molecule has 0 bridgehead atoms. The van der Waals surface area contributed by atoms with E-state index in [4.69, 9.17) is 12.2 Å². The Morgan fingerprint density at radius 2 is 1.62 bits per heavy atom. The van der Waals surface area contributed by atoms with Gasteiger partial charge in [0.2, 0.25) is 0 Å². The second-order valence-corrected chi connectivity index (χ2v) is 10.2. The minimum atomic E-state index is -0.567. The Balaban J connectivity index is 3.55. The molecule has 0 rings (SSSR count). The number of rotatable bonds is 15. The summed E-state index contributed by atoms with van der Waals surface area (Å²) in [4.78, 5) is 10.5. The molecular formula is C19H33NOS3. The lowest BCUT2D eigenvalue weighted by atomic mass is 10.1. The highest BCUT2D eigenvalue weighted by molar-refractivity contribution is 8.47. The number of thiocarbonyl (C=S) groups is 1. The van der Waals surface area contributed by atoms with Gasteiger partial charge in [0.25, 0.3) is 0 Å². The van der Waals surface area contributed by atoms with Gasteiger partial charge in [-0.25, -0.2) is 0 Å². The fourth-order valence-corrected chi connectivity index (χ4v) is 5.41. The molecule has 5 heteroatoms. The van der Waals surface area contributed by atoms with E-state index in [1.54, 1.807) is 11.8 Å². The molecule has 1 unspecified atom stereocenters. The molecule has 0 N–H and O–H groups in total. The van der Waals surface area contributed by atoms with Crippen LogP contribution in [0.2, 0.25) is 0 Å². The third-order valence-corrected chi connectivity index (χ3v) is 6.85. The smallest absolute Gasteiger partial charge is 0.120 e. The molecule has 0 saturated heterocycles. The number of nitriles is 1. The van der Waals surface area contributed by atoms with Crippen LogP contribution in [0.25, 0.3) is 0 Å². The van der Waals surface area contributed by atoms with E-state index in [0.29, 0.717) is 12.8 Å². The van der Waals surface area contributed by atoms with Gasteiger partial charge in [-0.1, -0.05) is 88.7 Å². The predicted molar refractivity (Wildman–Crippen MR) is 114 cm³/mol. The van der Waals surface area contributed by atoms with Crippen molar-refractivity contribution in [1.29, 1.82) is 5.26 Å². The first-order chi connectivity index (χ1) is 11.6. The van der Waals surface area contributed by atoms with Crippen LogP contribution in [0.5, 0.6) is 0 Å². The molecule has 1 atom stereocenters. The summed E-state index contributed by atoms with van der Waals surface area (Å²) in [5, 5.41) is 9.27. The van der Waals surface area contributed by atoms with Crippen molar-refractivity contribution >= 4 is 45.6 Å². The van der Waals surface area contributed by atoms with E-state index in [2.05, 4.69) is 13.0 Å². The molecule has 0 amide bonds. The van der Waals surface area contributed by atoms with Crippen molar-refractivity contribution in [3.05, 3.63) is 0 Å². The molecule has 0 aliphatic carbocycles. The zero-order chi connectivity index (χ0) is 18.1. The van der Waals surface area contributed by atoms with Crippen LogP contribution in [0.1, 0.15) is 90.9 Å². The summed E-state index contributed by atoms with van der Waals surface area (Å²) in [6.45, 7) is 4.13. The van der Waals surface area contributed by atoms with Crippen LogP contribution in [-0.4, -0.2) is 20.3 Å². The van der Waals surface area contributed by atoms with Crippen molar-refractivity contribution in [2.75, 3.05) is 5.75 Å². The number of thioether (sulfide) groups is 2. The van der Waals surface area contributed by atoms with Gasteiger partial charge in [0.1, 0.15) is 14.6 Å². The van der Waals surface area contributed by atoms with Crippen LogP contribution >= 0.6 is 35.7 Å². The first-order valence-electron chi connectivity index (χ1n) is 9.28. The summed E-state index contributed by atoms with van der Waals surface area (Å²) >= 11 is 8.50. The van der Waals surface area contributed by atoms with E-state index in [1.165, 1.54) is 76.0 Å². The zero-order valence-corrected chi connectivity index (χ0v) is 17.8. The van der Waals surface area contributed by atoms with Crippen LogP contribution in [0, 0.1) is 11.3 Å². The number of hydrogen-bond acceptors (Lipinski definition) is 5. The van der Waals surface area contributed by atoms with Crippen molar-refractivity contribution in [2.24, 2.45) is 0 Å². The van der Waals surface area contributed by atoms with Crippen molar-refractivity contribution in [3.63, 3.8) is 0 Å². The zero-order valence-electron chi connectivity index (χ0n) is 15.3. The van der Waals surface area contributed by atoms with Gasteiger partial charge < -0.3 is 4.79 Å². The second-order valence-electron chi connectivity index (χ2n) is 6.43. The number of carbonyl (C=O) groups excluding carboxylic acids is 1. The van der Waals surface area contributed by atoms with Crippen LogP contribution in [0.3, 0.4) is 0 Å². The topological polar surface area (TPSA) is 40.9 Å². The quantitative estimate of drug-likeness (QED) is 0.173. The van der Waals surface area contributed by atoms with Gasteiger partial charge in [-0.15, -0.1) is 11.8 Å². The minimum Gasteiger partial charge on any atom is -0.303 e. The molecule has 0 heterocycles. The Morgan fingerprint density at radius 3 is 2.12 bits per heavy atom. The molecule has 0 radical (unpaired) electrons. The van der Waals surface area contributed by atoms with Crippen LogP contribution in [0.15, 0.2) is 0 Å². The number of hydrogen-bond donors (Lipinski definition) is 0. The van der Waals surface area contributed by atoms with Gasteiger partial charge >= 0.3 is 0 Å². The summed E-state index contributed by atoms with van der Waals surface area (Å²) in [6, 6.07) is 2.29. The fraction of sp³-hybridized carbons (Fsp3) is 0.842. The summed E-state index contributed by atoms with van der Waals surface area (Å²) < 4.78 is 0.267. The van der Waals surface area contributed by atoms with E-state index in [-0.39, 0.29) is 0 Å². The molecule has 138 valence electrons. The number of nitrogens with zero attached hydrogens (tertiary/aromatic N) is 1. The largest absolute Gasteiger partial charge is 0.303 e. The van der Waals surface area contributed by atoms with Crippen molar-refractivity contribution in [2.45, 2.75) is 95.6 Å². The Kier molecular flexibility index (Phi) is 16.4. The lowest BCUT2D eigenvalue weighted by Crippen LogP contribution is -2.18. The monoisotopic (exact) mass is 387 g/mol. The average molecular weight is 388 g/mol. The molecule has 24 heavy (non-hydrogen) atoms. The van der Waals surface area contributed by atoms with Gasteiger partial charge in [-0.05, 0) is 25.5 Å². The first kappa shape index (κ1) is 23.9. The number of aldehydes is 1. The van der Waals surface area contributed by atoms with Gasteiger partial charge in [-0.2, -0.15) is 5.26 Å². The van der Waals surface area contributed by atoms with Gasteiger partial charge in [-0.3, -0.25) is 0 Å². The summed E-state index contributed by atoms with van der Waals surface area (Å²) in [5.41, 5.74) is 0. The SMILES string of the molecule is CCCCCCCCCCCCSC(=S)SC(C)(C#N)CCC=O. The predicted octanol–water partition coefficient (Wildman–Crippen LogP) is 6.92. The molecule has 0 aliphatic heterocycles. The molecule has 0 aromatic carbocycles. The van der Waals surface area contributed by atoms with Gasteiger partial charge in [0, 0.05) is 6.42 Å². The van der Waals surface area contributed by atoms with Crippen LogP contribution in [0.4, 0.5) is 0 Å². The Labute approximate surface area is 162 Å². The first-order valence-corrected chi connectivity index (χ1v) is 11.5. The van der Waals surface area contributed by atoms with Crippen LogP contribution < -0.4 is 0 Å². The highest BCUT2D eigenvalue weighted by Crippen LogP contribution is 2.34. The van der Waals surface area contributed by atoms with E-state index in [9.17, 15) is 10.1 Å². The summed E-state index contributed by atoms with van der Waals surface area (Å²) in [6.07, 6.45) is 15.3. The van der Waals surface area contributed by atoms with E-state index < -0.39 is 4.75 Å². The highest BCUT2D eigenvalue weighted by atomic mass is 32.2. The molecular weight excluding hydrogens is 354 g/mol. The lowest BCUT2D eigenvalue weighted by molar-refractivity contribution is -0.107. The summed E-state index contributed by atoms with van der Waals surface area (Å²) in [5.74, 6) is 1.04. The lowest BCUT2D eigenvalue weighted by Gasteiger charge is -2.19. The van der Waals surface area contributed by atoms with E-state index >= 15 is 0 Å². The normalized spacial score (nSPS) is 13.2. The van der Waals surface area contributed by atoms with Crippen molar-refractivity contribution in [3.8, 4) is 6.07 Å². The number of unbranched alkanes of at least 4 members (excludes halogenated alkanes) is 9. The van der Waals surface area contributed by atoms with E-state index in [1.807, 2.05) is 6.92 Å². The fourth-order valence-electron chi connectivity index (χ4n) is 2.42. The summed E-state index contributed by atoms with van der Waals surface area (Å²) in [7, 11) is 0. The molecule has 0 aromatic rings. The molecule has 0 spiro atoms. The Hall–Kier alpha value is -0.0500. The molecule has 0 fully saturated rings. The third-order valence-electron chi connectivity index (χ3n) is 4.00. The van der Waals surface area contributed by atoms with Crippen molar-refractivity contribution in [1.82, 2.24) is 0 Å². The minimum absolute atomic E-state index is 0.419. The maximum Gasteiger partial charge on any atom is 0.120 e. The Morgan fingerprint density at radius 1 is 1.08 bits per heavy atom. The number of carbonyl (C=O) groups is 1.